The van der Waals surface area contributed by atoms with Crippen LogP contribution < -0.4 is 5.32 Å². The Balaban J connectivity index is 2.13. The van der Waals surface area contributed by atoms with Crippen molar-refractivity contribution in [2.45, 2.75) is 18.9 Å². The molecule has 0 aromatic heterocycles. The number of anilines is 1. The van der Waals surface area contributed by atoms with Gasteiger partial charge in [0.25, 0.3) is 0 Å². The van der Waals surface area contributed by atoms with Gasteiger partial charge in [-0.1, -0.05) is 0 Å². The number of hydrogen-bond acceptors (Lipinski definition) is 3. The third-order valence-corrected chi connectivity index (χ3v) is 4.41. The summed E-state index contributed by atoms with van der Waals surface area (Å²) in [4.78, 5) is 12.0. The van der Waals surface area contributed by atoms with E-state index in [9.17, 15) is 22.0 Å². The summed E-state index contributed by atoms with van der Waals surface area (Å²) in [6, 6.07) is 2.16. The van der Waals surface area contributed by atoms with Crippen LogP contribution in [0.4, 0.5) is 14.5 Å². The molecule has 1 saturated heterocycles. The van der Waals surface area contributed by atoms with E-state index in [1.807, 2.05) is 0 Å². The first-order chi connectivity index (χ1) is 9.29. The normalized spacial score (nSPS) is 20.1. The Morgan fingerprint density at radius 2 is 2.05 bits per heavy atom. The van der Waals surface area contributed by atoms with E-state index in [1.54, 1.807) is 0 Å². The van der Waals surface area contributed by atoms with Crippen molar-refractivity contribution in [3.8, 4) is 0 Å². The first kappa shape index (κ1) is 14.9. The maximum Gasteiger partial charge on any atom is 0.242 e. The Morgan fingerprint density at radius 1 is 1.35 bits per heavy atom. The molecule has 1 aliphatic rings. The highest BCUT2D eigenvalue weighted by Gasteiger charge is 2.36. The van der Waals surface area contributed by atoms with Gasteiger partial charge in [-0.3, -0.25) is 4.79 Å². The van der Waals surface area contributed by atoms with Crippen LogP contribution in [-0.2, 0) is 14.8 Å². The Morgan fingerprint density at radius 3 is 2.65 bits per heavy atom. The summed E-state index contributed by atoms with van der Waals surface area (Å²) >= 11 is 0. The zero-order valence-corrected chi connectivity index (χ0v) is 11.6. The number of benzene rings is 1. The zero-order valence-electron chi connectivity index (χ0n) is 10.8. The molecule has 20 heavy (non-hydrogen) atoms. The molecule has 1 heterocycles. The number of nitrogens with zero attached hydrogens (tertiary/aromatic N) is 1. The van der Waals surface area contributed by atoms with E-state index in [4.69, 9.17) is 0 Å². The number of nitrogens with one attached hydrogen (secondary N) is 1. The van der Waals surface area contributed by atoms with Gasteiger partial charge in [0.2, 0.25) is 15.9 Å². The van der Waals surface area contributed by atoms with Gasteiger partial charge in [-0.25, -0.2) is 17.2 Å². The molecule has 0 saturated carbocycles. The smallest absolute Gasteiger partial charge is 0.242 e. The highest BCUT2D eigenvalue weighted by Crippen LogP contribution is 2.22. The maximum absolute atomic E-state index is 13.0. The molecule has 8 heteroatoms. The molecule has 1 fully saturated rings. The molecule has 0 spiro atoms. The van der Waals surface area contributed by atoms with Crippen LogP contribution >= 0.6 is 0 Å². The minimum absolute atomic E-state index is 0.0919. The largest absolute Gasteiger partial charge is 0.325 e. The van der Waals surface area contributed by atoms with Crippen LogP contribution in [-0.4, -0.2) is 37.5 Å². The fourth-order valence-electron chi connectivity index (χ4n) is 2.20. The summed E-state index contributed by atoms with van der Waals surface area (Å²) in [5, 5.41) is 2.40. The van der Waals surface area contributed by atoms with Crippen LogP contribution in [0.3, 0.4) is 0 Å². The van der Waals surface area contributed by atoms with Gasteiger partial charge in [-0.15, -0.1) is 0 Å². The van der Waals surface area contributed by atoms with Gasteiger partial charge in [0.1, 0.15) is 6.04 Å². The van der Waals surface area contributed by atoms with Gasteiger partial charge in [0.15, 0.2) is 11.6 Å². The minimum atomic E-state index is -3.47. The van der Waals surface area contributed by atoms with Crippen molar-refractivity contribution in [2.24, 2.45) is 0 Å². The molecular weight excluding hydrogens is 290 g/mol. The minimum Gasteiger partial charge on any atom is -0.325 e. The van der Waals surface area contributed by atoms with Crippen LogP contribution in [0, 0.1) is 11.6 Å². The van der Waals surface area contributed by atoms with Gasteiger partial charge in [0, 0.05) is 18.3 Å². The van der Waals surface area contributed by atoms with Crippen LogP contribution in [0.15, 0.2) is 18.2 Å². The van der Waals surface area contributed by atoms with Crippen molar-refractivity contribution in [1.82, 2.24) is 4.31 Å². The van der Waals surface area contributed by atoms with Crippen molar-refractivity contribution in [1.29, 1.82) is 0 Å². The van der Waals surface area contributed by atoms with Crippen molar-refractivity contribution < 1.29 is 22.0 Å². The second-order valence-corrected chi connectivity index (χ2v) is 6.58. The molecule has 1 atom stereocenters. The average Bonchev–Trinajstić information content (AvgIpc) is 2.83. The zero-order chi connectivity index (χ0) is 14.9. The number of carbonyl (C=O) groups is 1. The molecule has 5 nitrogen and oxygen atoms in total. The average molecular weight is 304 g/mol. The summed E-state index contributed by atoms with van der Waals surface area (Å²) in [6.45, 7) is 0.286. The molecule has 1 amide bonds. The van der Waals surface area contributed by atoms with E-state index < -0.39 is 33.6 Å². The lowest BCUT2D eigenvalue weighted by atomic mass is 10.2. The first-order valence-corrected chi connectivity index (χ1v) is 7.86. The van der Waals surface area contributed by atoms with Crippen LogP contribution in [0.2, 0.25) is 0 Å². The monoisotopic (exact) mass is 304 g/mol. The third kappa shape index (κ3) is 3.13. The van der Waals surface area contributed by atoms with Crippen molar-refractivity contribution in [2.75, 3.05) is 18.1 Å². The fraction of sp³-hybridized carbons (Fsp3) is 0.417. The number of amides is 1. The Labute approximate surface area is 115 Å². The predicted octanol–water partition coefficient (Wildman–Crippen LogP) is 1.33. The summed E-state index contributed by atoms with van der Waals surface area (Å²) in [6.07, 6.45) is 2.03. The van der Waals surface area contributed by atoms with Crippen LogP contribution in [0.1, 0.15) is 12.8 Å². The van der Waals surface area contributed by atoms with Gasteiger partial charge in [-0.2, -0.15) is 4.31 Å². The van der Waals surface area contributed by atoms with Gasteiger partial charge in [-0.05, 0) is 25.0 Å². The molecule has 1 aromatic carbocycles. The van der Waals surface area contributed by atoms with E-state index in [-0.39, 0.29) is 12.2 Å². The van der Waals surface area contributed by atoms with Gasteiger partial charge < -0.3 is 5.32 Å². The Kier molecular flexibility index (Phi) is 4.05. The number of hydrogen-bond donors (Lipinski definition) is 1. The summed E-state index contributed by atoms with van der Waals surface area (Å²) in [5.74, 6) is -2.63. The van der Waals surface area contributed by atoms with Crippen molar-refractivity contribution in [3.05, 3.63) is 29.8 Å². The standard InChI is InChI=1S/C12H14F2N2O3S/c1-20(18,19)16-6-2-3-11(16)12(17)15-8-4-5-9(13)10(14)7-8/h4-5,7,11H,2-3,6H2,1H3,(H,15,17)/t11-/m0/s1. The lowest BCUT2D eigenvalue weighted by Crippen LogP contribution is -2.42. The quantitative estimate of drug-likeness (QED) is 0.916. The summed E-state index contributed by atoms with van der Waals surface area (Å²) in [7, 11) is -3.47. The molecule has 0 radical (unpaired) electrons. The molecule has 1 aliphatic heterocycles. The molecule has 0 bridgehead atoms. The van der Waals surface area contributed by atoms with Crippen LogP contribution in [0.5, 0.6) is 0 Å². The molecular formula is C12H14F2N2O3S. The Hall–Kier alpha value is -1.54. The lowest BCUT2D eigenvalue weighted by molar-refractivity contribution is -0.119. The van der Waals surface area contributed by atoms with E-state index in [0.717, 1.165) is 22.7 Å². The molecule has 110 valence electrons. The second kappa shape index (κ2) is 5.45. The highest BCUT2D eigenvalue weighted by molar-refractivity contribution is 7.88. The van der Waals surface area contributed by atoms with Gasteiger partial charge in [0.05, 0.1) is 6.26 Å². The third-order valence-electron chi connectivity index (χ3n) is 3.12. The SMILES string of the molecule is CS(=O)(=O)N1CCC[C@H]1C(=O)Nc1ccc(F)c(F)c1. The van der Waals surface area contributed by atoms with Crippen molar-refractivity contribution in [3.63, 3.8) is 0 Å². The fourth-order valence-corrected chi connectivity index (χ4v) is 3.32. The molecule has 1 N–H and O–H groups in total. The molecule has 0 unspecified atom stereocenters. The second-order valence-electron chi connectivity index (χ2n) is 4.65. The predicted molar refractivity (Wildman–Crippen MR) is 69.6 cm³/mol. The van der Waals surface area contributed by atoms with E-state index in [1.165, 1.54) is 6.07 Å². The van der Waals surface area contributed by atoms with E-state index >= 15 is 0 Å². The summed E-state index contributed by atoms with van der Waals surface area (Å²) in [5.41, 5.74) is 0.0919. The number of sulfonamides is 1. The number of halogens is 2. The van der Waals surface area contributed by atoms with Crippen molar-refractivity contribution >= 4 is 21.6 Å². The first-order valence-electron chi connectivity index (χ1n) is 6.02. The topological polar surface area (TPSA) is 66.5 Å². The van der Waals surface area contributed by atoms with Gasteiger partial charge >= 0.3 is 0 Å². The van der Waals surface area contributed by atoms with E-state index in [2.05, 4.69) is 5.32 Å². The number of carbonyl (C=O) groups excluding carboxylic acids is 1. The highest BCUT2D eigenvalue weighted by atomic mass is 32.2. The molecule has 2 rings (SSSR count). The summed E-state index contributed by atoms with van der Waals surface area (Å²) < 4.78 is 50.0. The molecule has 0 aliphatic carbocycles. The Bertz CT molecular complexity index is 634. The maximum atomic E-state index is 13.0. The van der Waals surface area contributed by atoms with E-state index in [0.29, 0.717) is 12.8 Å². The number of rotatable bonds is 3. The van der Waals surface area contributed by atoms with Crippen LogP contribution in [0.25, 0.3) is 0 Å². The molecule has 1 aromatic rings. The lowest BCUT2D eigenvalue weighted by Gasteiger charge is -2.21.